The first kappa shape index (κ1) is 28.0. The summed E-state index contributed by atoms with van der Waals surface area (Å²) in [6.45, 7) is 7.34. The minimum Gasteiger partial charge on any atom is -0.207 e. The lowest BCUT2D eigenvalue weighted by Gasteiger charge is -2.31. The Balaban J connectivity index is 1.84. The molecule has 0 bridgehead atoms. The lowest BCUT2D eigenvalue weighted by Crippen LogP contribution is -2.41. The van der Waals surface area contributed by atoms with E-state index < -0.39 is 32.1 Å². The molecule has 1 unspecified atom stereocenters. The maximum atomic E-state index is 13.8. The summed E-state index contributed by atoms with van der Waals surface area (Å²) in [7, 11) is -7.98. The quantitative estimate of drug-likeness (QED) is 0.349. The molecule has 0 aliphatic heterocycles. The van der Waals surface area contributed by atoms with Crippen molar-refractivity contribution in [2.24, 2.45) is 5.92 Å². The van der Waals surface area contributed by atoms with Crippen LogP contribution in [0.15, 0.2) is 106 Å². The first-order valence-electron chi connectivity index (χ1n) is 12.6. The number of hydrogen-bond acceptors (Lipinski definition) is 4. The lowest BCUT2D eigenvalue weighted by atomic mass is 9.95. The summed E-state index contributed by atoms with van der Waals surface area (Å²) in [5.74, 6) is 0.0770. The molecule has 1 aliphatic carbocycles. The highest BCUT2D eigenvalue weighted by Gasteiger charge is 2.35. The molecule has 8 heteroatoms. The van der Waals surface area contributed by atoms with E-state index in [0.29, 0.717) is 33.6 Å². The molecule has 200 valence electrons. The van der Waals surface area contributed by atoms with Gasteiger partial charge in [0.25, 0.3) is 0 Å². The number of hydrogen-bond donors (Lipinski definition) is 2. The van der Waals surface area contributed by atoms with Crippen LogP contribution in [0.4, 0.5) is 0 Å². The number of benzene rings is 3. The Kier molecular flexibility index (Phi) is 8.37. The average molecular weight is 551 g/mol. The molecule has 3 aromatic rings. The van der Waals surface area contributed by atoms with Crippen LogP contribution in [0.3, 0.4) is 0 Å². The maximum absolute atomic E-state index is 13.8. The summed E-state index contributed by atoms with van der Waals surface area (Å²) in [6, 6.07) is 21.6. The van der Waals surface area contributed by atoms with Crippen LogP contribution in [-0.2, 0) is 20.0 Å². The van der Waals surface area contributed by atoms with E-state index in [0.717, 1.165) is 5.56 Å². The molecule has 0 saturated carbocycles. The average Bonchev–Trinajstić information content (AvgIpc) is 2.90. The third kappa shape index (κ3) is 6.32. The van der Waals surface area contributed by atoms with E-state index in [1.165, 1.54) is 0 Å². The highest BCUT2D eigenvalue weighted by atomic mass is 32.2. The Morgan fingerprint density at radius 3 is 1.82 bits per heavy atom. The van der Waals surface area contributed by atoms with E-state index in [4.69, 9.17) is 0 Å². The van der Waals surface area contributed by atoms with Gasteiger partial charge in [-0.15, -0.1) is 0 Å². The number of allylic oxidation sites excluding steroid dienone is 4. The molecule has 0 saturated heterocycles. The largest absolute Gasteiger partial charge is 0.241 e. The predicted molar refractivity (Wildman–Crippen MR) is 152 cm³/mol. The fourth-order valence-corrected chi connectivity index (χ4v) is 7.98. The van der Waals surface area contributed by atoms with Crippen molar-refractivity contribution in [3.05, 3.63) is 124 Å². The molecular weight excluding hydrogens is 516 g/mol. The maximum Gasteiger partial charge on any atom is 0.241 e. The van der Waals surface area contributed by atoms with E-state index in [1.54, 1.807) is 50.2 Å². The number of nitrogens with one attached hydrogen (secondary N) is 2. The summed E-state index contributed by atoms with van der Waals surface area (Å²) in [5, 5.41) is 0. The van der Waals surface area contributed by atoms with E-state index in [2.05, 4.69) is 9.44 Å². The minimum absolute atomic E-state index is 0.0770. The minimum atomic E-state index is -4.02. The second-order valence-corrected chi connectivity index (χ2v) is 13.4. The van der Waals surface area contributed by atoms with E-state index in [1.807, 2.05) is 68.5 Å². The molecule has 0 fully saturated rings. The van der Waals surface area contributed by atoms with Crippen molar-refractivity contribution in [1.29, 1.82) is 0 Å². The second kappa shape index (κ2) is 11.4. The van der Waals surface area contributed by atoms with Crippen molar-refractivity contribution < 1.29 is 16.8 Å². The first-order chi connectivity index (χ1) is 18.0. The van der Waals surface area contributed by atoms with Gasteiger partial charge in [-0.1, -0.05) is 91.9 Å². The number of rotatable bonds is 9. The van der Waals surface area contributed by atoms with Crippen LogP contribution in [0.1, 0.15) is 54.6 Å². The predicted octanol–water partition coefficient (Wildman–Crippen LogP) is 5.85. The fourth-order valence-electron chi connectivity index (χ4n) is 4.69. The third-order valence-electron chi connectivity index (χ3n) is 6.79. The van der Waals surface area contributed by atoms with Crippen molar-refractivity contribution in [2.45, 2.75) is 51.1 Å². The number of sulfonamides is 2. The van der Waals surface area contributed by atoms with Gasteiger partial charge in [-0.3, -0.25) is 0 Å². The van der Waals surface area contributed by atoms with E-state index >= 15 is 0 Å². The van der Waals surface area contributed by atoms with Gasteiger partial charge >= 0.3 is 0 Å². The normalized spacial score (nSPS) is 17.8. The smallest absolute Gasteiger partial charge is 0.207 e. The van der Waals surface area contributed by atoms with Gasteiger partial charge in [0, 0.05) is 0 Å². The molecule has 4 rings (SSSR count). The molecule has 0 amide bonds. The van der Waals surface area contributed by atoms with Gasteiger partial charge in [0.2, 0.25) is 20.0 Å². The van der Waals surface area contributed by atoms with Crippen LogP contribution >= 0.6 is 0 Å². The summed E-state index contributed by atoms with van der Waals surface area (Å²) >= 11 is 0. The van der Waals surface area contributed by atoms with Crippen LogP contribution in [0.5, 0.6) is 0 Å². The topological polar surface area (TPSA) is 92.3 Å². The number of aryl methyl sites for hydroxylation is 2. The van der Waals surface area contributed by atoms with Gasteiger partial charge in [0.15, 0.2) is 0 Å². The molecule has 0 radical (unpaired) electrons. The highest BCUT2D eigenvalue weighted by molar-refractivity contribution is 7.93. The van der Waals surface area contributed by atoms with Gasteiger partial charge in [-0.05, 0) is 67.0 Å². The molecular formula is C30H34N2O4S2. The summed E-state index contributed by atoms with van der Waals surface area (Å²) in [6.07, 6.45) is 4.20. The van der Waals surface area contributed by atoms with Crippen molar-refractivity contribution in [3.63, 3.8) is 0 Å². The van der Waals surface area contributed by atoms with Crippen molar-refractivity contribution in [1.82, 2.24) is 9.44 Å². The Bertz CT molecular complexity index is 1560. The molecule has 1 aliphatic rings. The Morgan fingerprint density at radius 2 is 1.26 bits per heavy atom. The van der Waals surface area contributed by atoms with Crippen molar-refractivity contribution in [2.75, 3.05) is 0 Å². The Morgan fingerprint density at radius 1 is 0.737 bits per heavy atom. The van der Waals surface area contributed by atoms with Gasteiger partial charge in [-0.2, -0.15) is 0 Å². The standard InChI is InChI=1S/C30H34N2O4S2/c1-21-15-17-23(3)27(19-21)37(33,34)31-29(25-11-7-5-8-12-25)30(26-13-9-6-10-14-26)32-38(35,36)28-20-22(2)16-18-24(28)4/h5-19,22,29-32H,20H2,1-4H3/t22?,29-,30-/m1/s1. The van der Waals surface area contributed by atoms with Gasteiger partial charge in [-0.25, -0.2) is 26.3 Å². The molecule has 0 aromatic heterocycles. The molecule has 2 N–H and O–H groups in total. The van der Waals surface area contributed by atoms with Gasteiger partial charge in [0.05, 0.1) is 21.9 Å². The summed E-state index contributed by atoms with van der Waals surface area (Å²) < 4.78 is 60.9. The Hall–Kier alpha value is -3.04. The Labute approximate surface area is 226 Å². The molecule has 0 heterocycles. The molecule has 3 atom stereocenters. The monoisotopic (exact) mass is 550 g/mol. The van der Waals surface area contributed by atoms with Crippen LogP contribution in [0, 0.1) is 19.8 Å². The van der Waals surface area contributed by atoms with Crippen LogP contribution in [0.2, 0.25) is 0 Å². The van der Waals surface area contributed by atoms with Gasteiger partial charge < -0.3 is 0 Å². The van der Waals surface area contributed by atoms with E-state index in [-0.39, 0.29) is 10.8 Å². The molecule has 3 aromatic carbocycles. The van der Waals surface area contributed by atoms with Crippen LogP contribution in [-0.4, -0.2) is 16.8 Å². The zero-order valence-electron chi connectivity index (χ0n) is 22.0. The second-order valence-electron chi connectivity index (χ2n) is 9.93. The SMILES string of the molecule is CC1=C(S(=O)(=O)N[C@H](c2ccccc2)[C@H](NS(=O)(=O)c2cc(C)ccc2C)c2ccccc2)CC(C)C=C1. The van der Waals surface area contributed by atoms with Crippen LogP contribution in [0.25, 0.3) is 0 Å². The lowest BCUT2D eigenvalue weighted by molar-refractivity contribution is 0.467. The van der Waals surface area contributed by atoms with E-state index in [9.17, 15) is 16.8 Å². The first-order valence-corrected chi connectivity index (χ1v) is 15.5. The molecule has 6 nitrogen and oxygen atoms in total. The summed E-state index contributed by atoms with van der Waals surface area (Å²) in [4.78, 5) is 0.482. The molecule has 38 heavy (non-hydrogen) atoms. The zero-order valence-corrected chi connectivity index (χ0v) is 23.7. The van der Waals surface area contributed by atoms with Crippen molar-refractivity contribution in [3.8, 4) is 0 Å². The van der Waals surface area contributed by atoms with Gasteiger partial charge in [0.1, 0.15) is 0 Å². The highest BCUT2D eigenvalue weighted by Crippen LogP contribution is 2.35. The molecule has 0 spiro atoms. The fraction of sp³-hybridized carbons (Fsp3) is 0.267. The van der Waals surface area contributed by atoms with Crippen LogP contribution < -0.4 is 9.44 Å². The van der Waals surface area contributed by atoms with Crippen molar-refractivity contribution >= 4 is 20.0 Å². The third-order valence-corrected chi connectivity index (χ3v) is 10.1. The zero-order chi connectivity index (χ0) is 27.5. The summed E-state index contributed by atoms with van der Waals surface area (Å²) in [5.41, 5.74) is 3.38.